The summed E-state index contributed by atoms with van der Waals surface area (Å²) >= 11 is 0. The minimum absolute atomic E-state index is 0.239. The van der Waals surface area contributed by atoms with Crippen LogP contribution >= 0.6 is 0 Å². The number of nitrogens with zero attached hydrogens (tertiary/aromatic N) is 1. The van der Waals surface area contributed by atoms with Gasteiger partial charge in [0.15, 0.2) is 5.96 Å². The third-order valence-corrected chi connectivity index (χ3v) is 5.53. The Kier molecular flexibility index (Phi) is 6.41. The van der Waals surface area contributed by atoms with Gasteiger partial charge in [-0.2, -0.15) is 0 Å². The highest BCUT2D eigenvalue weighted by Gasteiger charge is 2.13. The fourth-order valence-corrected chi connectivity index (χ4v) is 3.58. The molecule has 23 heavy (non-hydrogen) atoms. The van der Waals surface area contributed by atoms with Crippen molar-refractivity contribution >= 4 is 16.0 Å². The Morgan fingerprint density at radius 3 is 2.61 bits per heavy atom. The highest BCUT2D eigenvalue weighted by molar-refractivity contribution is 7.89. The summed E-state index contributed by atoms with van der Waals surface area (Å²) in [6.45, 7) is 0.360. The summed E-state index contributed by atoms with van der Waals surface area (Å²) in [6.07, 6.45) is 7.31. The number of hydrogen-bond acceptors (Lipinski definition) is 3. The van der Waals surface area contributed by atoms with E-state index in [1.165, 1.54) is 32.7 Å². The predicted octanol–water partition coefficient (Wildman–Crippen LogP) is 1.72. The summed E-state index contributed by atoms with van der Waals surface area (Å²) in [6, 6.07) is 7.14. The number of nitrogens with one attached hydrogen (secondary N) is 2. The maximum Gasteiger partial charge on any atom is 0.240 e. The molecule has 0 aliphatic heterocycles. The first-order chi connectivity index (χ1) is 11.0. The smallest absolute Gasteiger partial charge is 0.240 e. The van der Waals surface area contributed by atoms with Gasteiger partial charge in [-0.25, -0.2) is 18.1 Å². The van der Waals surface area contributed by atoms with Crippen molar-refractivity contribution in [2.24, 2.45) is 10.7 Å². The summed E-state index contributed by atoms with van der Waals surface area (Å²) in [5.41, 5.74) is 6.77. The molecule has 0 spiro atoms. The first kappa shape index (κ1) is 17.7. The standard InChI is InChI=1S/C16H26N4O2S/c1-18-23(21,22)15-10-6-7-13(11-15)12-19-16(17)20-14-8-4-2-3-5-9-14/h6-7,10-11,14,18H,2-5,8-9,12H2,1H3,(H3,17,19,20). The number of nitrogens with two attached hydrogens (primary N) is 1. The molecule has 0 radical (unpaired) electrons. The molecule has 1 aromatic carbocycles. The van der Waals surface area contributed by atoms with E-state index in [1.54, 1.807) is 18.2 Å². The zero-order valence-corrected chi connectivity index (χ0v) is 14.4. The molecule has 4 N–H and O–H groups in total. The highest BCUT2D eigenvalue weighted by atomic mass is 32.2. The minimum atomic E-state index is -3.43. The molecule has 0 bridgehead atoms. The third kappa shape index (κ3) is 5.51. The lowest BCUT2D eigenvalue weighted by atomic mass is 10.1. The molecule has 1 saturated carbocycles. The number of aliphatic imine (C=N–C) groups is 1. The van der Waals surface area contributed by atoms with Crippen molar-refractivity contribution < 1.29 is 8.42 Å². The summed E-state index contributed by atoms with van der Waals surface area (Å²) in [4.78, 5) is 4.58. The van der Waals surface area contributed by atoms with Gasteiger partial charge in [0, 0.05) is 6.04 Å². The van der Waals surface area contributed by atoms with Gasteiger partial charge in [-0.1, -0.05) is 37.8 Å². The van der Waals surface area contributed by atoms with Crippen LogP contribution in [-0.2, 0) is 16.6 Å². The van der Waals surface area contributed by atoms with E-state index in [9.17, 15) is 8.42 Å². The SMILES string of the molecule is CNS(=O)(=O)c1cccc(CN=C(N)NC2CCCCCC2)c1. The van der Waals surface area contributed by atoms with Gasteiger partial charge in [0.1, 0.15) is 0 Å². The molecule has 0 heterocycles. The molecule has 0 atom stereocenters. The van der Waals surface area contributed by atoms with Crippen molar-refractivity contribution in [3.63, 3.8) is 0 Å². The Labute approximate surface area is 138 Å². The largest absolute Gasteiger partial charge is 0.370 e. The van der Waals surface area contributed by atoms with Crippen LogP contribution in [0.15, 0.2) is 34.2 Å². The summed E-state index contributed by atoms with van der Waals surface area (Å²) in [5.74, 6) is 0.429. The average molecular weight is 338 g/mol. The number of guanidine groups is 1. The fraction of sp³-hybridized carbons (Fsp3) is 0.562. The van der Waals surface area contributed by atoms with Crippen LogP contribution in [0.25, 0.3) is 0 Å². The molecule has 7 heteroatoms. The Morgan fingerprint density at radius 2 is 1.96 bits per heavy atom. The second kappa shape index (κ2) is 8.31. The topological polar surface area (TPSA) is 96.6 Å². The van der Waals surface area contributed by atoms with E-state index < -0.39 is 10.0 Å². The lowest BCUT2D eigenvalue weighted by molar-refractivity contribution is 0.530. The second-order valence-corrected chi connectivity index (χ2v) is 7.78. The van der Waals surface area contributed by atoms with Crippen LogP contribution in [0.3, 0.4) is 0 Å². The normalized spacial score (nSPS) is 17.7. The van der Waals surface area contributed by atoms with Crippen LogP contribution in [-0.4, -0.2) is 27.5 Å². The molecule has 0 aromatic heterocycles. The monoisotopic (exact) mass is 338 g/mol. The number of sulfonamides is 1. The molecule has 2 rings (SSSR count). The molecule has 1 aliphatic carbocycles. The Hall–Kier alpha value is -1.60. The van der Waals surface area contributed by atoms with Gasteiger partial charge in [0.2, 0.25) is 10.0 Å². The molecule has 0 amide bonds. The molecular weight excluding hydrogens is 312 g/mol. The fourth-order valence-electron chi connectivity index (χ4n) is 2.78. The maximum atomic E-state index is 11.8. The summed E-state index contributed by atoms with van der Waals surface area (Å²) < 4.78 is 25.9. The van der Waals surface area contributed by atoms with Gasteiger partial charge in [0.25, 0.3) is 0 Å². The van der Waals surface area contributed by atoms with E-state index in [2.05, 4.69) is 15.0 Å². The summed E-state index contributed by atoms with van der Waals surface area (Å²) in [7, 11) is -2.03. The van der Waals surface area contributed by atoms with Gasteiger partial charge < -0.3 is 11.1 Å². The number of hydrogen-bond donors (Lipinski definition) is 3. The molecule has 1 aliphatic rings. The summed E-state index contributed by atoms with van der Waals surface area (Å²) in [5, 5.41) is 3.28. The van der Waals surface area contributed by atoms with Gasteiger partial charge in [-0.3, -0.25) is 0 Å². The van der Waals surface area contributed by atoms with Crippen LogP contribution in [0.4, 0.5) is 0 Å². The second-order valence-electron chi connectivity index (χ2n) is 5.89. The van der Waals surface area contributed by atoms with Crippen molar-refractivity contribution in [1.29, 1.82) is 0 Å². The van der Waals surface area contributed by atoms with E-state index in [0.717, 1.165) is 18.4 Å². The average Bonchev–Trinajstić information content (AvgIpc) is 2.82. The predicted molar refractivity (Wildman–Crippen MR) is 92.6 cm³/mol. The van der Waals surface area contributed by atoms with Crippen LogP contribution in [0, 0.1) is 0 Å². The first-order valence-corrected chi connectivity index (χ1v) is 9.58. The van der Waals surface area contributed by atoms with E-state index in [1.807, 2.05) is 6.07 Å². The van der Waals surface area contributed by atoms with Crippen LogP contribution in [0.1, 0.15) is 44.1 Å². The lowest BCUT2D eigenvalue weighted by Gasteiger charge is -2.16. The first-order valence-electron chi connectivity index (χ1n) is 8.10. The van der Waals surface area contributed by atoms with E-state index >= 15 is 0 Å². The zero-order valence-electron chi connectivity index (χ0n) is 13.6. The molecule has 0 saturated heterocycles. The Bertz CT molecular complexity index is 635. The van der Waals surface area contributed by atoms with Crippen molar-refractivity contribution in [3.8, 4) is 0 Å². The van der Waals surface area contributed by atoms with E-state index in [0.29, 0.717) is 18.5 Å². The molecule has 6 nitrogen and oxygen atoms in total. The van der Waals surface area contributed by atoms with Crippen molar-refractivity contribution in [1.82, 2.24) is 10.0 Å². The van der Waals surface area contributed by atoms with Gasteiger partial charge >= 0.3 is 0 Å². The maximum absolute atomic E-state index is 11.8. The van der Waals surface area contributed by atoms with Crippen molar-refractivity contribution in [2.75, 3.05) is 7.05 Å². The quantitative estimate of drug-likeness (QED) is 0.433. The van der Waals surface area contributed by atoms with E-state index in [4.69, 9.17) is 5.73 Å². The Morgan fingerprint density at radius 1 is 1.26 bits per heavy atom. The van der Waals surface area contributed by atoms with Crippen molar-refractivity contribution in [2.45, 2.75) is 56.0 Å². The highest BCUT2D eigenvalue weighted by Crippen LogP contribution is 2.17. The molecular formula is C16H26N4O2S. The van der Waals surface area contributed by atoms with Crippen LogP contribution in [0.2, 0.25) is 0 Å². The lowest BCUT2D eigenvalue weighted by Crippen LogP contribution is -2.39. The molecule has 1 aromatic rings. The molecule has 1 fully saturated rings. The molecule has 128 valence electrons. The van der Waals surface area contributed by atoms with Gasteiger partial charge in [-0.15, -0.1) is 0 Å². The third-order valence-electron chi connectivity index (χ3n) is 4.12. The van der Waals surface area contributed by atoms with Crippen molar-refractivity contribution in [3.05, 3.63) is 29.8 Å². The molecule has 0 unspecified atom stereocenters. The van der Waals surface area contributed by atoms with Gasteiger partial charge in [-0.05, 0) is 37.6 Å². The van der Waals surface area contributed by atoms with E-state index in [-0.39, 0.29) is 4.90 Å². The number of benzene rings is 1. The Balaban J connectivity index is 1.97. The number of rotatable bonds is 5. The van der Waals surface area contributed by atoms with Crippen LogP contribution in [0.5, 0.6) is 0 Å². The van der Waals surface area contributed by atoms with Crippen LogP contribution < -0.4 is 15.8 Å². The minimum Gasteiger partial charge on any atom is -0.370 e. The van der Waals surface area contributed by atoms with Gasteiger partial charge in [0.05, 0.1) is 11.4 Å². The zero-order chi connectivity index (χ0) is 16.7.